The Morgan fingerprint density at radius 3 is 2.97 bits per heavy atom. The standard InChI is InChI=1S/C30H40FN3O4/c1-30(2)17-26(38-19-30)24-11-9-21(31)16-25(24)27(29(35)36)34-14-12-23(18-34)37-15-4-3-7-22-10-8-20-6-5-13-32-28(20)33-22/h8-11,16,23,26-27H,3-7,12-15,17-19H2,1-2H3,(H,32,33)(H,35,36)/t23-,26?,27-/m1/s1. The topological polar surface area (TPSA) is 83.9 Å². The minimum atomic E-state index is -0.971. The Kier molecular flexibility index (Phi) is 8.31. The molecule has 38 heavy (non-hydrogen) atoms. The number of aryl methyl sites for hydroxylation is 2. The van der Waals surface area contributed by atoms with Gasteiger partial charge in [-0.05, 0) is 85.3 Å². The van der Waals surface area contributed by atoms with E-state index in [1.54, 1.807) is 6.07 Å². The largest absolute Gasteiger partial charge is 0.480 e. The molecule has 8 heteroatoms. The van der Waals surface area contributed by atoms with Crippen LogP contribution >= 0.6 is 0 Å². The van der Waals surface area contributed by atoms with Gasteiger partial charge in [-0.1, -0.05) is 26.0 Å². The number of halogens is 1. The Bertz CT molecular complexity index is 1140. The molecule has 1 aromatic carbocycles. The van der Waals surface area contributed by atoms with E-state index in [-0.39, 0.29) is 17.6 Å². The molecular formula is C30H40FN3O4. The first-order valence-electron chi connectivity index (χ1n) is 14.0. The number of carboxylic acid groups (broad SMARTS) is 1. The van der Waals surface area contributed by atoms with Crippen LogP contribution in [0.15, 0.2) is 30.3 Å². The van der Waals surface area contributed by atoms with Crippen molar-refractivity contribution in [2.45, 2.75) is 77.0 Å². The van der Waals surface area contributed by atoms with Gasteiger partial charge < -0.3 is 19.9 Å². The van der Waals surface area contributed by atoms with E-state index in [0.29, 0.717) is 31.9 Å². The van der Waals surface area contributed by atoms with E-state index in [1.165, 1.54) is 17.7 Å². The summed E-state index contributed by atoms with van der Waals surface area (Å²) < 4.78 is 26.5. The van der Waals surface area contributed by atoms with E-state index >= 15 is 0 Å². The Labute approximate surface area is 224 Å². The number of fused-ring (bicyclic) bond motifs is 1. The number of aliphatic carboxylic acids is 1. The fourth-order valence-corrected chi connectivity index (χ4v) is 6.00. The molecule has 0 radical (unpaired) electrons. The number of nitrogens with zero attached hydrogens (tertiary/aromatic N) is 2. The number of aromatic nitrogens is 1. The first-order valence-corrected chi connectivity index (χ1v) is 14.0. The number of pyridine rings is 1. The van der Waals surface area contributed by atoms with Crippen molar-refractivity contribution in [2.24, 2.45) is 5.41 Å². The van der Waals surface area contributed by atoms with E-state index in [0.717, 1.165) is 68.6 Å². The number of nitrogens with one attached hydrogen (secondary N) is 1. The summed E-state index contributed by atoms with van der Waals surface area (Å²) >= 11 is 0. The molecular weight excluding hydrogens is 485 g/mol. The number of benzene rings is 1. The molecule has 3 atom stereocenters. The monoisotopic (exact) mass is 525 g/mol. The summed E-state index contributed by atoms with van der Waals surface area (Å²) in [6.07, 6.45) is 6.38. The van der Waals surface area contributed by atoms with Crippen molar-refractivity contribution in [3.05, 3.63) is 58.5 Å². The smallest absolute Gasteiger partial charge is 0.325 e. The van der Waals surface area contributed by atoms with Gasteiger partial charge in [-0.15, -0.1) is 0 Å². The molecule has 0 bridgehead atoms. The van der Waals surface area contributed by atoms with Gasteiger partial charge in [0, 0.05) is 31.9 Å². The van der Waals surface area contributed by atoms with Crippen molar-refractivity contribution in [1.82, 2.24) is 9.88 Å². The SMILES string of the molecule is CC1(C)COC(c2ccc(F)cc2[C@H](C(=O)O)N2CC[C@@H](OCCCCc3ccc4c(n3)NCCC4)C2)C1. The van der Waals surface area contributed by atoms with Crippen molar-refractivity contribution in [2.75, 3.05) is 38.2 Å². The summed E-state index contributed by atoms with van der Waals surface area (Å²) in [5.74, 6) is -0.362. The van der Waals surface area contributed by atoms with E-state index in [2.05, 4.69) is 31.3 Å². The summed E-state index contributed by atoms with van der Waals surface area (Å²) in [6, 6.07) is 7.87. The highest BCUT2D eigenvalue weighted by molar-refractivity contribution is 5.76. The molecule has 2 aromatic rings. The van der Waals surface area contributed by atoms with Gasteiger partial charge in [0.15, 0.2) is 0 Å². The predicted octanol–water partition coefficient (Wildman–Crippen LogP) is 5.31. The van der Waals surface area contributed by atoms with E-state index in [4.69, 9.17) is 14.5 Å². The highest BCUT2D eigenvalue weighted by atomic mass is 19.1. The van der Waals surface area contributed by atoms with Crippen LogP contribution < -0.4 is 5.32 Å². The number of carboxylic acids is 1. The fraction of sp³-hybridized carbons (Fsp3) is 0.600. The molecule has 3 aliphatic rings. The number of rotatable bonds is 10. The van der Waals surface area contributed by atoms with Crippen molar-refractivity contribution in [3.8, 4) is 0 Å². The van der Waals surface area contributed by atoms with Crippen LogP contribution in [-0.2, 0) is 27.1 Å². The van der Waals surface area contributed by atoms with Crippen LogP contribution in [0.5, 0.6) is 0 Å². The number of hydrogen-bond donors (Lipinski definition) is 2. The molecule has 2 N–H and O–H groups in total. The minimum Gasteiger partial charge on any atom is -0.480 e. The summed E-state index contributed by atoms with van der Waals surface area (Å²) in [7, 11) is 0. The molecule has 1 aromatic heterocycles. The molecule has 0 aliphatic carbocycles. The normalized spacial score (nSPS) is 23.7. The van der Waals surface area contributed by atoms with Crippen molar-refractivity contribution < 1.29 is 23.8 Å². The number of likely N-dealkylation sites (tertiary alicyclic amines) is 1. The Morgan fingerprint density at radius 2 is 2.18 bits per heavy atom. The van der Waals surface area contributed by atoms with E-state index in [1.807, 2.05) is 4.90 Å². The van der Waals surface area contributed by atoms with Crippen LogP contribution in [0.25, 0.3) is 0 Å². The summed E-state index contributed by atoms with van der Waals surface area (Å²) in [4.78, 5) is 19.1. The predicted molar refractivity (Wildman–Crippen MR) is 144 cm³/mol. The van der Waals surface area contributed by atoms with E-state index in [9.17, 15) is 14.3 Å². The first-order chi connectivity index (χ1) is 18.3. The van der Waals surface area contributed by atoms with Crippen LogP contribution in [0.3, 0.4) is 0 Å². The van der Waals surface area contributed by atoms with Gasteiger partial charge in [-0.25, -0.2) is 9.37 Å². The molecule has 4 heterocycles. The molecule has 0 saturated carbocycles. The lowest BCUT2D eigenvalue weighted by molar-refractivity contribution is -0.143. The van der Waals surface area contributed by atoms with Crippen LogP contribution in [0.4, 0.5) is 10.2 Å². The highest BCUT2D eigenvalue weighted by Crippen LogP contribution is 2.43. The Balaban J connectivity index is 1.14. The van der Waals surface area contributed by atoms with Gasteiger partial charge in [0.25, 0.3) is 0 Å². The van der Waals surface area contributed by atoms with Gasteiger partial charge in [0.2, 0.25) is 0 Å². The third kappa shape index (κ3) is 6.35. The third-order valence-corrected chi connectivity index (χ3v) is 8.01. The van der Waals surface area contributed by atoms with Crippen LogP contribution in [0.2, 0.25) is 0 Å². The molecule has 2 fully saturated rings. The third-order valence-electron chi connectivity index (χ3n) is 8.01. The molecule has 5 rings (SSSR count). The van der Waals surface area contributed by atoms with Crippen LogP contribution in [0, 0.1) is 11.2 Å². The van der Waals surface area contributed by atoms with Gasteiger partial charge >= 0.3 is 5.97 Å². The maximum atomic E-state index is 14.3. The second-order valence-electron chi connectivity index (χ2n) is 11.8. The molecule has 1 unspecified atom stereocenters. The molecule has 206 valence electrons. The minimum absolute atomic E-state index is 0.00841. The maximum Gasteiger partial charge on any atom is 0.325 e. The number of anilines is 1. The second kappa shape index (κ2) is 11.7. The maximum absolute atomic E-state index is 14.3. The summed E-state index contributed by atoms with van der Waals surface area (Å²) in [5.41, 5.74) is 3.69. The van der Waals surface area contributed by atoms with Crippen LogP contribution in [0.1, 0.15) is 80.5 Å². The zero-order valence-electron chi connectivity index (χ0n) is 22.5. The average Bonchev–Trinajstić information content (AvgIpc) is 3.49. The lowest BCUT2D eigenvalue weighted by Crippen LogP contribution is -2.34. The quantitative estimate of drug-likeness (QED) is 0.407. The first kappa shape index (κ1) is 27.0. The van der Waals surface area contributed by atoms with Crippen molar-refractivity contribution in [3.63, 3.8) is 0 Å². The van der Waals surface area contributed by atoms with E-state index < -0.39 is 17.8 Å². The molecule has 0 amide bonds. The number of hydrogen-bond acceptors (Lipinski definition) is 6. The molecule has 2 saturated heterocycles. The van der Waals surface area contributed by atoms with Gasteiger partial charge in [-0.3, -0.25) is 9.69 Å². The Hall–Kier alpha value is -2.55. The average molecular weight is 526 g/mol. The lowest BCUT2D eigenvalue weighted by atomic mass is 9.86. The van der Waals surface area contributed by atoms with Gasteiger partial charge in [0.05, 0.1) is 18.8 Å². The molecule has 7 nitrogen and oxygen atoms in total. The van der Waals surface area contributed by atoms with Gasteiger partial charge in [0.1, 0.15) is 17.7 Å². The van der Waals surface area contributed by atoms with Crippen LogP contribution in [-0.4, -0.2) is 59.9 Å². The molecule has 3 aliphatic heterocycles. The lowest BCUT2D eigenvalue weighted by Gasteiger charge is -2.28. The fourth-order valence-electron chi connectivity index (χ4n) is 6.00. The number of unbranched alkanes of at least 4 members (excludes halogenated alkanes) is 1. The number of ether oxygens (including phenoxy) is 2. The summed E-state index contributed by atoms with van der Waals surface area (Å²) in [6.45, 7) is 7.61. The molecule has 0 spiro atoms. The Morgan fingerprint density at radius 1 is 1.32 bits per heavy atom. The van der Waals surface area contributed by atoms with Crippen molar-refractivity contribution in [1.29, 1.82) is 0 Å². The zero-order valence-corrected chi connectivity index (χ0v) is 22.5. The zero-order chi connectivity index (χ0) is 26.7. The summed E-state index contributed by atoms with van der Waals surface area (Å²) in [5, 5.41) is 13.6. The number of carbonyl (C=O) groups is 1. The van der Waals surface area contributed by atoms with Gasteiger partial charge in [-0.2, -0.15) is 0 Å². The second-order valence-corrected chi connectivity index (χ2v) is 11.8. The highest BCUT2D eigenvalue weighted by Gasteiger charge is 2.39. The van der Waals surface area contributed by atoms with Crippen molar-refractivity contribution >= 4 is 11.8 Å².